The van der Waals surface area contributed by atoms with E-state index in [0.717, 1.165) is 17.0 Å². The molecule has 122 valence electrons. The zero-order chi connectivity index (χ0) is 16.9. The number of carboxylic acid groups (broad SMARTS) is 1. The zero-order valence-corrected chi connectivity index (χ0v) is 14.0. The van der Waals surface area contributed by atoms with Crippen molar-refractivity contribution in [3.05, 3.63) is 66.2 Å². The minimum Gasteiger partial charge on any atom is -0.480 e. The smallest absolute Gasteiger partial charge is 0.316 e. The predicted octanol–water partition coefficient (Wildman–Crippen LogP) is 3.56. The molecule has 2 aromatic carbocycles. The van der Waals surface area contributed by atoms with Crippen molar-refractivity contribution in [2.24, 2.45) is 0 Å². The van der Waals surface area contributed by atoms with Crippen LogP contribution < -0.4 is 0 Å². The number of benzene rings is 2. The highest BCUT2D eigenvalue weighted by Gasteiger charge is 2.20. The molecule has 0 saturated carbocycles. The molecule has 1 heterocycles. The molecule has 1 N–H and O–H groups in total. The van der Waals surface area contributed by atoms with Crippen LogP contribution >= 0.6 is 11.8 Å². The summed E-state index contributed by atoms with van der Waals surface area (Å²) in [6.07, 6.45) is 0. The molecule has 3 rings (SSSR count). The number of carboxylic acids is 1. The van der Waals surface area contributed by atoms with Crippen LogP contribution in [0.2, 0.25) is 0 Å². The molecule has 3 aromatic rings. The number of aliphatic carboxylic acids is 1. The van der Waals surface area contributed by atoms with E-state index in [1.54, 1.807) is 6.92 Å². The van der Waals surface area contributed by atoms with Gasteiger partial charge in [-0.2, -0.15) is 0 Å². The SMILES string of the molecule is CC(Sc1nnc(-c2ccccc2)n1Cc1ccccc1)C(=O)O. The lowest BCUT2D eigenvalue weighted by Crippen LogP contribution is -2.13. The predicted molar refractivity (Wildman–Crippen MR) is 94.0 cm³/mol. The van der Waals surface area contributed by atoms with Crippen LogP contribution in [0, 0.1) is 0 Å². The number of thioether (sulfide) groups is 1. The number of hydrogen-bond acceptors (Lipinski definition) is 4. The van der Waals surface area contributed by atoms with Gasteiger partial charge in [-0.1, -0.05) is 72.4 Å². The molecule has 0 radical (unpaired) electrons. The second-order valence-electron chi connectivity index (χ2n) is 5.34. The van der Waals surface area contributed by atoms with E-state index in [1.807, 2.05) is 65.2 Å². The van der Waals surface area contributed by atoms with Crippen LogP contribution in [0.3, 0.4) is 0 Å². The fraction of sp³-hybridized carbons (Fsp3) is 0.167. The quantitative estimate of drug-likeness (QED) is 0.696. The van der Waals surface area contributed by atoms with Gasteiger partial charge in [-0.3, -0.25) is 9.36 Å². The fourth-order valence-electron chi connectivity index (χ4n) is 2.29. The lowest BCUT2D eigenvalue weighted by Gasteiger charge is -2.11. The van der Waals surface area contributed by atoms with Gasteiger partial charge in [0.05, 0.1) is 6.54 Å². The number of hydrogen-bond donors (Lipinski definition) is 1. The first kappa shape index (κ1) is 16.3. The summed E-state index contributed by atoms with van der Waals surface area (Å²) in [5, 5.41) is 17.7. The Labute approximate surface area is 144 Å². The molecular formula is C18H17N3O2S. The van der Waals surface area contributed by atoms with E-state index in [0.29, 0.717) is 11.7 Å². The third-order valence-electron chi connectivity index (χ3n) is 3.56. The molecule has 0 spiro atoms. The summed E-state index contributed by atoms with van der Waals surface area (Å²) < 4.78 is 1.97. The van der Waals surface area contributed by atoms with E-state index in [2.05, 4.69) is 10.2 Å². The molecule has 24 heavy (non-hydrogen) atoms. The minimum atomic E-state index is -0.865. The summed E-state index contributed by atoms with van der Waals surface area (Å²) in [4.78, 5) is 11.2. The summed E-state index contributed by atoms with van der Waals surface area (Å²) in [5.74, 6) is -0.130. The molecule has 1 unspecified atom stereocenters. The van der Waals surface area contributed by atoms with Crippen molar-refractivity contribution in [1.82, 2.24) is 14.8 Å². The van der Waals surface area contributed by atoms with Crippen molar-refractivity contribution >= 4 is 17.7 Å². The van der Waals surface area contributed by atoms with Gasteiger partial charge in [0.25, 0.3) is 0 Å². The third kappa shape index (κ3) is 3.65. The maximum Gasteiger partial charge on any atom is 0.316 e. The summed E-state index contributed by atoms with van der Waals surface area (Å²) >= 11 is 1.20. The van der Waals surface area contributed by atoms with Crippen molar-refractivity contribution < 1.29 is 9.90 Å². The molecule has 0 aliphatic rings. The van der Waals surface area contributed by atoms with Gasteiger partial charge < -0.3 is 5.11 Å². The highest BCUT2D eigenvalue weighted by atomic mass is 32.2. The second-order valence-corrected chi connectivity index (χ2v) is 6.65. The normalized spacial score (nSPS) is 12.0. The van der Waals surface area contributed by atoms with Crippen LogP contribution in [0.1, 0.15) is 12.5 Å². The van der Waals surface area contributed by atoms with Crippen LogP contribution in [0.4, 0.5) is 0 Å². The maximum atomic E-state index is 11.2. The lowest BCUT2D eigenvalue weighted by atomic mass is 10.2. The van der Waals surface area contributed by atoms with Gasteiger partial charge in [0.2, 0.25) is 0 Å². The third-order valence-corrected chi connectivity index (χ3v) is 4.63. The Kier molecular flexibility index (Phi) is 4.96. The summed E-state index contributed by atoms with van der Waals surface area (Å²) in [6, 6.07) is 19.8. The van der Waals surface area contributed by atoms with Gasteiger partial charge in [-0.25, -0.2) is 0 Å². The van der Waals surface area contributed by atoms with Gasteiger partial charge in [0.15, 0.2) is 11.0 Å². The van der Waals surface area contributed by atoms with Crippen LogP contribution in [-0.2, 0) is 11.3 Å². The number of nitrogens with zero attached hydrogens (tertiary/aromatic N) is 3. The van der Waals surface area contributed by atoms with Crippen molar-refractivity contribution in [3.63, 3.8) is 0 Å². The molecule has 5 nitrogen and oxygen atoms in total. The molecular weight excluding hydrogens is 322 g/mol. The maximum absolute atomic E-state index is 11.2. The number of aromatic nitrogens is 3. The Hall–Kier alpha value is -2.60. The standard InChI is InChI=1S/C18H17N3O2S/c1-13(17(22)23)24-18-20-19-16(15-10-6-3-7-11-15)21(18)12-14-8-4-2-5-9-14/h2-11,13H,12H2,1H3,(H,22,23). The van der Waals surface area contributed by atoms with E-state index in [4.69, 9.17) is 5.11 Å². The molecule has 6 heteroatoms. The van der Waals surface area contributed by atoms with Crippen LogP contribution in [0.5, 0.6) is 0 Å². The van der Waals surface area contributed by atoms with E-state index < -0.39 is 11.2 Å². The minimum absolute atomic E-state index is 0.590. The molecule has 0 bridgehead atoms. The highest BCUT2D eigenvalue weighted by Crippen LogP contribution is 2.27. The second kappa shape index (κ2) is 7.31. The Morgan fingerprint density at radius 1 is 1.08 bits per heavy atom. The first-order valence-electron chi connectivity index (χ1n) is 7.57. The van der Waals surface area contributed by atoms with Gasteiger partial charge in [0.1, 0.15) is 5.25 Å². The molecule has 1 atom stereocenters. The van der Waals surface area contributed by atoms with Crippen LogP contribution in [-0.4, -0.2) is 31.1 Å². The Bertz CT molecular complexity index is 819. The average Bonchev–Trinajstić information content (AvgIpc) is 2.99. The van der Waals surface area contributed by atoms with Gasteiger partial charge in [-0.15, -0.1) is 10.2 Å². The van der Waals surface area contributed by atoms with Gasteiger partial charge >= 0.3 is 5.97 Å². The lowest BCUT2D eigenvalue weighted by molar-refractivity contribution is -0.136. The summed E-state index contributed by atoms with van der Waals surface area (Å²) in [5.41, 5.74) is 2.06. The summed E-state index contributed by atoms with van der Waals surface area (Å²) in [7, 11) is 0. The first-order valence-corrected chi connectivity index (χ1v) is 8.45. The van der Waals surface area contributed by atoms with E-state index in [-0.39, 0.29) is 0 Å². The topological polar surface area (TPSA) is 68.0 Å². The largest absolute Gasteiger partial charge is 0.480 e. The Morgan fingerprint density at radius 3 is 2.33 bits per heavy atom. The molecule has 0 aliphatic carbocycles. The zero-order valence-electron chi connectivity index (χ0n) is 13.2. The highest BCUT2D eigenvalue weighted by molar-refractivity contribution is 8.00. The number of carbonyl (C=O) groups is 1. The van der Waals surface area contributed by atoms with E-state index in [1.165, 1.54) is 11.8 Å². The Morgan fingerprint density at radius 2 is 1.71 bits per heavy atom. The van der Waals surface area contributed by atoms with Crippen molar-refractivity contribution in [1.29, 1.82) is 0 Å². The van der Waals surface area contributed by atoms with E-state index >= 15 is 0 Å². The van der Waals surface area contributed by atoms with E-state index in [9.17, 15) is 4.79 Å². The molecule has 0 aliphatic heterocycles. The monoisotopic (exact) mass is 339 g/mol. The van der Waals surface area contributed by atoms with Gasteiger partial charge in [-0.05, 0) is 12.5 Å². The van der Waals surface area contributed by atoms with Crippen LogP contribution in [0.15, 0.2) is 65.8 Å². The van der Waals surface area contributed by atoms with Crippen LogP contribution in [0.25, 0.3) is 11.4 Å². The molecule has 0 amide bonds. The summed E-state index contributed by atoms with van der Waals surface area (Å²) in [6.45, 7) is 2.24. The van der Waals surface area contributed by atoms with Crippen molar-refractivity contribution in [2.45, 2.75) is 23.9 Å². The first-order chi connectivity index (χ1) is 11.6. The molecule has 0 fully saturated rings. The number of rotatable bonds is 6. The van der Waals surface area contributed by atoms with Gasteiger partial charge in [0, 0.05) is 5.56 Å². The van der Waals surface area contributed by atoms with Crippen molar-refractivity contribution in [3.8, 4) is 11.4 Å². The molecule has 1 aromatic heterocycles. The molecule has 0 saturated heterocycles. The Balaban J connectivity index is 2.00. The van der Waals surface area contributed by atoms with Crippen molar-refractivity contribution in [2.75, 3.05) is 0 Å². The average molecular weight is 339 g/mol. The fourth-order valence-corrected chi connectivity index (χ4v) is 3.08.